The molecule has 0 saturated carbocycles. The Labute approximate surface area is 152 Å². The van der Waals surface area contributed by atoms with Gasteiger partial charge >= 0.3 is 0 Å². The molecule has 4 nitrogen and oxygen atoms in total. The molecule has 0 aliphatic carbocycles. The number of carbonyl (C=O) groups excluding carboxylic acids is 1. The summed E-state index contributed by atoms with van der Waals surface area (Å²) < 4.78 is 2.21. The maximum Gasteiger partial charge on any atom is 0.162 e. The number of unbranched alkanes of at least 4 members (excludes halogenated alkanes) is 2. The molecular weight excluding hydrogens is 322 g/mol. The first-order valence-corrected chi connectivity index (χ1v) is 9.10. The van der Waals surface area contributed by atoms with Crippen LogP contribution in [0.15, 0.2) is 67.1 Å². The standard InChI is InChI=1S/C22H21N3O/c26-21(17-9-3-1-4-10-17)13-5-2-8-14-25-16-24-20-15-23-19-12-7-6-11-18(19)22(20)25/h1,3-4,6-7,9-12,15-16H,2,5,8,13-14H2. The minimum atomic E-state index is 0.232. The Kier molecular flexibility index (Phi) is 4.73. The van der Waals surface area contributed by atoms with Gasteiger partial charge in [-0.15, -0.1) is 0 Å². The first-order valence-electron chi connectivity index (χ1n) is 9.10. The molecule has 26 heavy (non-hydrogen) atoms. The Morgan fingerprint density at radius 3 is 2.54 bits per heavy atom. The summed E-state index contributed by atoms with van der Waals surface area (Å²) in [5, 5.41) is 1.14. The lowest BCUT2D eigenvalue weighted by molar-refractivity contribution is 0.0979. The number of aryl methyl sites for hydroxylation is 1. The summed E-state index contributed by atoms with van der Waals surface area (Å²) in [5.74, 6) is 0.232. The third kappa shape index (κ3) is 3.36. The number of para-hydroxylation sites is 1. The highest BCUT2D eigenvalue weighted by Gasteiger charge is 2.08. The van der Waals surface area contributed by atoms with E-state index in [1.807, 2.05) is 61.1 Å². The predicted molar refractivity (Wildman–Crippen MR) is 104 cm³/mol. The van der Waals surface area contributed by atoms with Gasteiger partial charge in [-0.1, -0.05) is 55.0 Å². The molecule has 0 spiro atoms. The van der Waals surface area contributed by atoms with Crippen molar-refractivity contribution in [3.05, 3.63) is 72.7 Å². The number of benzene rings is 2. The fourth-order valence-corrected chi connectivity index (χ4v) is 3.38. The second-order valence-corrected chi connectivity index (χ2v) is 6.55. The van der Waals surface area contributed by atoms with E-state index >= 15 is 0 Å². The van der Waals surface area contributed by atoms with Gasteiger partial charge in [0.15, 0.2) is 5.78 Å². The third-order valence-electron chi connectivity index (χ3n) is 4.75. The zero-order chi connectivity index (χ0) is 17.8. The number of carbonyl (C=O) groups is 1. The van der Waals surface area contributed by atoms with Gasteiger partial charge < -0.3 is 4.57 Å². The van der Waals surface area contributed by atoms with Gasteiger partial charge in [0.2, 0.25) is 0 Å². The zero-order valence-electron chi connectivity index (χ0n) is 14.6. The number of Topliss-reactive ketones (excluding diaryl/α,β-unsaturated/α-hetero) is 1. The van der Waals surface area contributed by atoms with Crippen LogP contribution in [-0.4, -0.2) is 20.3 Å². The maximum absolute atomic E-state index is 12.1. The Morgan fingerprint density at radius 1 is 0.846 bits per heavy atom. The van der Waals surface area contributed by atoms with Crippen molar-refractivity contribution >= 4 is 27.7 Å². The summed E-state index contributed by atoms with van der Waals surface area (Å²) in [6.07, 6.45) is 7.33. The Morgan fingerprint density at radius 2 is 1.65 bits per heavy atom. The molecule has 0 saturated heterocycles. The van der Waals surface area contributed by atoms with E-state index < -0.39 is 0 Å². The van der Waals surface area contributed by atoms with Crippen LogP contribution in [0, 0.1) is 0 Å². The van der Waals surface area contributed by atoms with Crippen LogP contribution < -0.4 is 0 Å². The number of ketones is 1. The van der Waals surface area contributed by atoms with Gasteiger partial charge in [-0.3, -0.25) is 9.78 Å². The second kappa shape index (κ2) is 7.48. The maximum atomic E-state index is 12.1. The van der Waals surface area contributed by atoms with Gasteiger partial charge in [0.05, 0.1) is 23.6 Å². The molecule has 0 aliphatic rings. The average molecular weight is 343 g/mol. The molecule has 0 atom stereocenters. The van der Waals surface area contributed by atoms with Crippen molar-refractivity contribution < 1.29 is 4.79 Å². The number of aromatic nitrogens is 3. The molecule has 0 N–H and O–H groups in total. The summed E-state index contributed by atoms with van der Waals surface area (Å²) in [5.41, 5.74) is 3.89. The van der Waals surface area contributed by atoms with E-state index in [0.717, 1.165) is 53.3 Å². The molecule has 0 bridgehead atoms. The molecule has 0 unspecified atom stereocenters. The van der Waals surface area contributed by atoms with E-state index in [1.165, 1.54) is 0 Å². The van der Waals surface area contributed by atoms with Crippen molar-refractivity contribution in [2.75, 3.05) is 0 Å². The van der Waals surface area contributed by atoms with Gasteiger partial charge in [0, 0.05) is 23.9 Å². The van der Waals surface area contributed by atoms with Gasteiger partial charge in [-0.05, 0) is 18.9 Å². The highest BCUT2D eigenvalue weighted by atomic mass is 16.1. The average Bonchev–Trinajstić information content (AvgIpc) is 3.12. The minimum Gasteiger partial charge on any atom is -0.330 e. The van der Waals surface area contributed by atoms with Gasteiger partial charge in [0.1, 0.15) is 5.52 Å². The monoisotopic (exact) mass is 343 g/mol. The summed E-state index contributed by atoms with van der Waals surface area (Å²) >= 11 is 0. The van der Waals surface area contributed by atoms with Crippen molar-refractivity contribution in [2.24, 2.45) is 0 Å². The number of pyridine rings is 1. The summed E-state index contributed by atoms with van der Waals surface area (Å²) in [4.78, 5) is 21.1. The molecule has 0 fully saturated rings. The predicted octanol–water partition coefficient (Wildman–Crippen LogP) is 5.03. The smallest absolute Gasteiger partial charge is 0.162 e. The molecule has 4 rings (SSSR count). The van der Waals surface area contributed by atoms with Crippen LogP contribution in [0.4, 0.5) is 0 Å². The van der Waals surface area contributed by atoms with Crippen molar-refractivity contribution in [1.29, 1.82) is 0 Å². The van der Waals surface area contributed by atoms with Gasteiger partial charge in [-0.2, -0.15) is 0 Å². The van der Waals surface area contributed by atoms with Crippen molar-refractivity contribution in [3.8, 4) is 0 Å². The Bertz CT molecular complexity index is 1040. The van der Waals surface area contributed by atoms with E-state index in [9.17, 15) is 4.79 Å². The summed E-state index contributed by atoms with van der Waals surface area (Å²) in [6.45, 7) is 0.907. The number of hydrogen-bond donors (Lipinski definition) is 0. The summed E-state index contributed by atoms with van der Waals surface area (Å²) in [6, 6.07) is 17.7. The van der Waals surface area contributed by atoms with Crippen molar-refractivity contribution in [1.82, 2.24) is 14.5 Å². The molecule has 4 heteroatoms. The quantitative estimate of drug-likeness (QED) is 0.349. The fraction of sp³-hybridized carbons (Fsp3) is 0.227. The highest BCUT2D eigenvalue weighted by Crippen LogP contribution is 2.23. The lowest BCUT2D eigenvalue weighted by Gasteiger charge is -2.06. The second-order valence-electron chi connectivity index (χ2n) is 6.55. The van der Waals surface area contributed by atoms with Crippen LogP contribution in [-0.2, 0) is 6.54 Å². The van der Waals surface area contributed by atoms with Gasteiger partial charge in [0.25, 0.3) is 0 Å². The van der Waals surface area contributed by atoms with Crippen LogP contribution >= 0.6 is 0 Å². The van der Waals surface area contributed by atoms with E-state index in [4.69, 9.17) is 0 Å². The first kappa shape index (κ1) is 16.5. The Balaban J connectivity index is 1.37. The Hall–Kier alpha value is -3.01. The SMILES string of the molecule is O=C(CCCCCn1cnc2cnc3ccccc3c21)c1ccccc1. The molecule has 0 radical (unpaired) electrons. The summed E-state index contributed by atoms with van der Waals surface area (Å²) in [7, 11) is 0. The molecule has 0 amide bonds. The fourth-order valence-electron chi connectivity index (χ4n) is 3.38. The molecular formula is C22H21N3O. The lowest BCUT2D eigenvalue weighted by Crippen LogP contribution is -2.00. The number of nitrogens with zero attached hydrogens (tertiary/aromatic N) is 3. The molecule has 0 aliphatic heterocycles. The number of hydrogen-bond acceptors (Lipinski definition) is 3. The van der Waals surface area contributed by atoms with Gasteiger partial charge in [-0.25, -0.2) is 4.98 Å². The van der Waals surface area contributed by atoms with E-state index in [-0.39, 0.29) is 5.78 Å². The zero-order valence-corrected chi connectivity index (χ0v) is 14.6. The van der Waals surface area contributed by atoms with E-state index in [0.29, 0.717) is 6.42 Å². The van der Waals surface area contributed by atoms with Crippen LogP contribution in [0.25, 0.3) is 21.9 Å². The topological polar surface area (TPSA) is 47.8 Å². The first-order chi connectivity index (χ1) is 12.8. The number of fused-ring (bicyclic) bond motifs is 3. The number of rotatable bonds is 7. The lowest BCUT2D eigenvalue weighted by atomic mass is 10.0. The van der Waals surface area contributed by atoms with Crippen LogP contribution in [0.5, 0.6) is 0 Å². The molecule has 130 valence electrons. The minimum absolute atomic E-state index is 0.232. The van der Waals surface area contributed by atoms with Crippen LogP contribution in [0.1, 0.15) is 36.0 Å². The van der Waals surface area contributed by atoms with Crippen LogP contribution in [0.2, 0.25) is 0 Å². The molecule has 4 aromatic rings. The van der Waals surface area contributed by atoms with Crippen molar-refractivity contribution in [2.45, 2.75) is 32.2 Å². The van der Waals surface area contributed by atoms with E-state index in [2.05, 4.69) is 20.6 Å². The molecule has 2 aromatic heterocycles. The largest absolute Gasteiger partial charge is 0.330 e. The number of imidazole rings is 1. The normalized spacial score (nSPS) is 11.2. The molecule has 2 aromatic carbocycles. The van der Waals surface area contributed by atoms with Crippen LogP contribution in [0.3, 0.4) is 0 Å². The third-order valence-corrected chi connectivity index (χ3v) is 4.75. The van der Waals surface area contributed by atoms with Crippen molar-refractivity contribution in [3.63, 3.8) is 0 Å². The molecule has 2 heterocycles. The van der Waals surface area contributed by atoms with E-state index in [1.54, 1.807) is 0 Å². The highest BCUT2D eigenvalue weighted by molar-refractivity contribution is 6.01.